The first-order valence-electron chi connectivity index (χ1n) is 12.4. The van der Waals surface area contributed by atoms with Gasteiger partial charge in [-0.15, -0.1) is 5.10 Å². The SMILES string of the molecule is O=C(c1ccc2c(c1)C=CC1=CC(c3ccccc3)(c3ccccc3)COC12)n1nnc2ccccc21. The second-order valence-corrected chi connectivity index (χ2v) is 9.51. The van der Waals surface area contributed by atoms with Crippen LogP contribution in [0.25, 0.3) is 17.1 Å². The van der Waals surface area contributed by atoms with Gasteiger partial charge in [-0.3, -0.25) is 4.79 Å². The second kappa shape index (κ2) is 8.50. The summed E-state index contributed by atoms with van der Waals surface area (Å²) in [5.74, 6) is -0.206. The highest BCUT2D eigenvalue weighted by molar-refractivity contribution is 6.00. The molecular formula is C32H23N3O2. The first kappa shape index (κ1) is 21.7. The van der Waals surface area contributed by atoms with Crippen molar-refractivity contribution < 1.29 is 9.53 Å². The van der Waals surface area contributed by atoms with Crippen LogP contribution in [0.2, 0.25) is 0 Å². The van der Waals surface area contributed by atoms with Crippen LogP contribution in [0.5, 0.6) is 0 Å². The topological polar surface area (TPSA) is 57.0 Å². The van der Waals surface area contributed by atoms with Crippen LogP contribution in [-0.4, -0.2) is 27.5 Å². The molecule has 1 aliphatic carbocycles. The van der Waals surface area contributed by atoms with Crippen molar-refractivity contribution in [2.24, 2.45) is 0 Å². The summed E-state index contributed by atoms with van der Waals surface area (Å²) in [4.78, 5) is 13.3. The number of hydrogen-bond donors (Lipinski definition) is 0. The van der Waals surface area contributed by atoms with E-state index < -0.39 is 0 Å². The van der Waals surface area contributed by atoms with E-state index in [1.165, 1.54) is 15.8 Å². The van der Waals surface area contributed by atoms with Crippen molar-refractivity contribution in [2.75, 3.05) is 6.61 Å². The van der Waals surface area contributed by atoms with Crippen molar-refractivity contribution >= 4 is 23.0 Å². The van der Waals surface area contributed by atoms with E-state index in [4.69, 9.17) is 4.74 Å². The lowest BCUT2D eigenvalue weighted by Crippen LogP contribution is -2.37. The minimum absolute atomic E-state index is 0.183. The molecule has 178 valence electrons. The molecule has 0 saturated heterocycles. The maximum Gasteiger partial charge on any atom is 0.280 e. The molecule has 1 unspecified atom stereocenters. The van der Waals surface area contributed by atoms with Crippen LogP contribution in [-0.2, 0) is 10.2 Å². The second-order valence-electron chi connectivity index (χ2n) is 9.51. The largest absolute Gasteiger partial charge is 0.367 e. The van der Waals surface area contributed by atoms with Crippen molar-refractivity contribution in [1.82, 2.24) is 15.0 Å². The van der Waals surface area contributed by atoms with Gasteiger partial charge in [-0.05, 0) is 52.1 Å². The van der Waals surface area contributed by atoms with Crippen LogP contribution in [0.4, 0.5) is 0 Å². The Morgan fingerprint density at radius 3 is 2.30 bits per heavy atom. The maximum absolute atomic E-state index is 13.3. The third kappa shape index (κ3) is 3.47. The molecule has 5 nitrogen and oxygen atoms in total. The zero-order valence-electron chi connectivity index (χ0n) is 20.0. The van der Waals surface area contributed by atoms with Gasteiger partial charge in [0.15, 0.2) is 0 Å². The maximum atomic E-state index is 13.3. The summed E-state index contributed by atoms with van der Waals surface area (Å²) in [5, 5.41) is 8.21. The quantitative estimate of drug-likeness (QED) is 0.311. The molecule has 7 rings (SSSR count). The van der Waals surface area contributed by atoms with E-state index in [1.807, 2.05) is 54.6 Å². The van der Waals surface area contributed by atoms with Crippen molar-refractivity contribution in [3.63, 3.8) is 0 Å². The van der Waals surface area contributed by atoms with E-state index in [-0.39, 0.29) is 17.4 Å². The summed E-state index contributed by atoms with van der Waals surface area (Å²) in [7, 11) is 0. The van der Waals surface area contributed by atoms with Gasteiger partial charge in [-0.25, -0.2) is 0 Å². The number of carbonyl (C=O) groups excluding carboxylic acids is 1. The Labute approximate surface area is 214 Å². The molecule has 0 fully saturated rings. The summed E-state index contributed by atoms with van der Waals surface area (Å²) in [5.41, 5.74) is 7.13. The highest BCUT2D eigenvalue weighted by Crippen LogP contribution is 2.46. The normalized spacial score (nSPS) is 17.6. The molecule has 0 spiro atoms. The Bertz CT molecular complexity index is 1660. The predicted molar refractivity (Wildman–Crippen MR) is 143 cm³/mol. The van der Waals surface area contributed by atoms with Gasteiger partial charge in [0, 0.05) is 5.56 Å². The van der Waals surface area contributed by atoms with Gasteiger partial charge in [-0.1, -0.05) is 102 Å². The molecule has 0 bridgehead atoms. The molecule has 5 aromatic rings. The van der Waals surface area contributed by atoms with E-state index in [1.54, 1.807) is 0 Å². The average molecular weight is 482 g/mol. The zero-order chi connectivity index (χ0) is 24.8. The molecular weight excluding hydrogens is 458 g/mol. The van der Waals surface area contributed by atoms with Gasteiger partial charge in [0.25, 0.3) is 5.91 Å². The average Bonchev–Trinajstić information content (AvgIpc) is 3.41. The lowest BCUT2D eigenvalue weighted by Gasteiger charge is -2.40. The minimum Gasteiger partial charge on any atom is -0.367 e. The van der Waals surface area contributed by atoms with Gasteiger partial charge < -0.3 is 4.74 Å². The van der Waals surface area contributed by atoms with E-state index in [9.17, 15) is 4.79 Å². The molecule has 1 aromatic heterocycles. The molecule has 1 atom stereocenters. The molecule has 5 heteroatoms. The summed E-state index contributed by atoms with van der Waals surface area (Å²) in [6.07, 6.45) is 6.36. The highest BCUT2D eigenvalue weighted by Gasteiger charge is 2.39. The summed E-state index contributed by atoms with van der Waals surface area (Å²) >= 11 is 0. The first-order chi connectivity index (χ1) is 18.2. The fourth-order valence-electron chi connectivity index (χ4n) is 5.51. The molecule has 0 saturated carbocycles. The number of rotatable bonds is 3. The van der Waals surface area contributed by atoms with Crippen LogP contribution < -0.4 is 0 Å². The Morgan fingerprint density at radius 2 is 1.54 bits per heavy atom. The third-order valence-electron chi connectivity index (χ3n) is 7.39. The molecule has 0 radical (unpaired) electrons. The number of benzene rings is 4. The van der Waals surface area contributed by atoms with Gasteiger partial charge in [0.1, 0.15) is 11.6 Å². The third-order valence-corrected chi connectivity index (χ3v) is 7.39. The van der Waals surface area contributed by atoms with Gasteiger partial charge >= 0.3 is 0 Å². The predicted octanol–water partition coefficient (Wildman–Crippen LogP) is 6.13. The Hall–Kier alpha value is -4.61. The summed E-state index contributed by atoms with van der Waals surface area (Å²) in [6, 6.07) is 34.3. The monoisotopic (exact) mass is 481 g/mol. The number of hydrogen-bond acceptors (Lipinski definition) is 4. The molecule has 2 aliphatic rings. The van der Waals surface area contributed by atoms with Crippen molar-refractivity contribution in [2.45, 2.75) is 11.5 Å². The number of aromatic nitrogens is 3. The van der Waals surface area contributed by atoms with E-state index in [2.05, 4.69) is 77.1 Å². The van der Waals surface area contributed by atoms with Crippen LogP contribution in [0.1, 0.15) is 38.7 Å². The summed E-state index contributed by atoms with van der Waals surface area (Å²) < 4.78 is 7.99. The van der Waals surface area contributed by atoms with Crippen molar-refractivity contribution in [3.05, 3.63) is 149 Å². The van der Waals surface area contributed by atoms with Gasteiger partial charge in [0.05, 0.1) is 17.5 Å². The Kier molecular flexibility index (Phi) is 4.98. The number of nitrogens with zero attached hydrogens (tertiary/aromatic N) is 3. The number of para-hydroxylation sites is 1. The lowest BCUT2D eigenvalue weighted by molar-refractivity contribution is 0.0455. The molecule has 2 heterocycles. The Morgan fingerprint density at radius 1 is 0.838 bits per heavy atom. The van der Waals surface area contributed by atoms with Gasteiger partial charge in [-0.2, -0.15) is 4.68 Å². The van der Waals surface area contributed by atoms with E-state index in [0.717, 1.165) is 16.7 Å². The fourth-order valence-corrected chi connectivity index (χ4v) is 5.51. The lowest BCUT2D eigenvalue weighted by atomic mass is 9.71. The van der Waals surface area contributed by atoms with Crippen molar-refractivity contribution in [3.8, 4) is 0 Å². The number of carbonyl (C=O) groups is 1. The molecule has 0 amide bonds. The molecule has 4 aromatic carbocycles. The molecule has 1 aliphatic heterocycles. The van der Waals surface area contributed by atoms with Crippen LogP contribution in [0, 0.1) is 0 Å². The minimum atomic E-state index is -0.375. The smallest absolute Gasteiger partial charge is 0.280 e. The highest BCUT2D eigenvalue weighted by atomic mass is 16.5. The summed E-state index contributed by atoms with van der Waals surface area (Å²) in [6.45, 7) is 0.522. The first-order valence-corrected chi connectivity index (χ1v) is 12.4. The van der Waals surface area contributed by atoms with Crippen molar-refractivity contribution in [1.29, 1.82) is 0 Å². The van der Waals surface area contributed by atoms with E-state index in [0.29, 0.717) is 23.2 Å². The number of ether oxygens (including phenoxy) is 1. The van der Waals surface area contributed by atoms with Crippen LogP contribution in [0.15, 0.2) is 121 Å². The van der Waals surface area contributed by atoms with E-state index >= 15 is 0 Å². The van der Waals surface area contributed by atoms with Crippen LogP contribution >= 0.6 is 0 Å². The van der Waals surface area contributed by atoms with Crippen LogP contribution in [0.3, 0.4) is 0 Å². The van der Waals surface area contributed by atoms with Gasteiger partial charge in [0.2, 0.25) is 0 Å². The fraction of sp³-hybridized carbons (Fsp3) is 0.0938. The Balaban J connectivity index is 1.28. The zero-order valence-corrected chi connectivity index (χ0v) is 20.0. The number of fused-ring (bicyclic) bond motifs is 4. The standard InChI is InChI=1S/C32H23N3O2/c36-31(35-29-14-8-7-13-28(29)33-34-35)23-17-18-27-22(19-23)15-16-24-20-32(21-37-30(24)27,25-9-3-1-4-10-25)26-11-5-2-6-12-26/h1-20,30H,21H2. The molecule has 0 N–H and O–H groups in total. The molecule has 37 heavy (non-hydrogen) atoms.